The Morgan fingerprint density at radius 2 is 2.16 bits per heavy atom. The zero-order valence-corrected chi connectivity index (χ0v) is 10.6. The fourth-order valence-corrected chi connectivity index (χ4v) is 2.10. The third kappa shape index (κ3) is 2.40. The predicted octanol–water partition coefficient (Wildman–Crippen LogP) is 1.43. The average molecular weight is 262 g/mol. The number of nitrogens with two attached hydrogens (primary N) is 1. The Morgan fingerprint density at radius 3 is 2.74 bits per heavy atom. The van der Waals surface area contributed by atoms with Gasteiger partial charge in [0.2, 0.25) is 5.91 Å². The van der Waals surface area contributed by atoms with Crippen molar-refractivity contribution in [1.82, 2.24) is 5.43 Å². The zero-order valence-electron chi connectivity index (χ0n) is 10.6. The van der Waals surface area contributed by atoms with Crippen LogP contribution in [0.4, 0.5) is 11.4 Å². The van der Waals surface area contributed by atoms with Crippen LogP contribution in [-0.4, -0.2) is 16.5 Å². The summed E-state index contributed by atoms with van der Waals surface area (Å²) in [5.74, 6) is -0.168. The molecule has 3 N–H and O–H groups in total. The van der Waals surface area contributed by atoms with Crippen LogP contribution in [-0.2, 0) is 4.79 Å². The van der Waals surface area contributed by atoms with E-state index in [1.54, 1.807) is 6.07 Å². The van der Waals surface area contributed by atoms with E-state index >= 15 is 0 Å². The number of nitro groups is 1. The van der Waals surface area contributed by atoms with Crippen LogP contribution in [0.25, 0.3) is 0 Å². The fraction of sp³-hybridized carbons (Fsp3) is 0.333. The number of amides is 1. The molecule has 7 nitrogen and oxygen atoms in total. The number of nitrogens with zero attached hydrogens (tertiary/aromatic N) is 2. The van der Waals surface area contributed by atoms with Gasteiger partial charge in [-0.25, -0.2) is 5.43 Å². The minimum Gasteiger partial charge on any atom is -0.393 e. The van der Waals surface area contributed by atoms with E-state index in [2.05, 4.69) is 10.5 Å². The molecule has 0 spiro atoms. The number of hydrogen-bond donors (Lipinski definition) is 2. The lowest BCUT2D eigenvalue weighted by molar-refractivity contribution is -0.383. The van der Waals surface area contributed by atoms with E-state index in [0.717, 1.165) is 0 Å². The predicted molar refractivity (Wildman–Crippen MR) is 70.6 cm³/mol. The van der Waals surface area contributed by atoms with Gasteiger partial charge in [-0.1, -0.05) is 19.9 Å². The Balaban J connectivity index is 2.50. The summed E-state index contributed by atoms with van der Waals surface area (Å²) in [5.41, 5.74) is 8.62. The van der Waals surface area contributed by atoms with Crippen molar-refractivity contribution in [2.45, 2.75) is 20.3 Å². The molecule has 19 heavy (non-hydrogen) atoms. The molecular weight excluding hydrogens is 248 g/mol. The van der Waals surface area contributed by atoms with Crippen molar-refractivity contribution in [1.29, 1.82) is 0 Å². The molecule has 0 atom stereocenters. The molecule has 0 radical (unpaired) electrons. The fourth-order valence-electron chi connectivity index (χ4n) is 2.10. The second kappa shape index (κ2) is 4.34. The second-order valence-corrected chi connectivity index (χ2v) is 5.09. The molecule has 1 aromatic rings. The second-order valence-electron chi connectivity index (χ2n) is 5.09. The maximum atomic E-state index is 11.3. The Labute approximate surface area is 109 Å². The highest BCUT2D eigenvalue weighted by atomic mass is 16.6. The Morgan fingerprint density at radius 1 is 1.47 bits per heavy atom. The largest absolute Gasteiger partial charge is 0.393 e. The van der Waals surface area contributed by atoms with Gasteiger partial charge in [-0.05, 0) is 6.07 Å². The lowest BCUT2D eigenvalue weighted by atomic mass is 9.79. The van der Waals surface area contributed by atoms with Crippen molar-refractivity contribution >= 4 is 23.0 Å². The van der Waals surface area contributed by atoms with Crippen molar-refractivity contribution in [3.63, 3.8) is 0 Å². The number of hydrazone groups is 1. The van der Waals surface area contributed by atoms with Crippen LogP contribution in [0.15, 0.2) is 23.3 Å². The standard InChI is InChI=1S/C12H14N4O3/c1-12(2)6-10(17)14-15-11(12)7-3-4-8(13)9(5-7)16(18)19/h3-5H,6,13H2,1-2H3,(H,14,17). The van der Waals surface area contributed by atoms with Gasteiger partial charge in [0.25, 0.3) is 5.69 Å². The molecule has 1 aliphatic rings. The summed E-state index contributed by atoms with van der Waals surface area (Å²) in [6.45, 7) is 3.74. The molecule has 1 heterocycles. The van der Waals surface area contributed by atoms with E-state index in [0.29, 0.717) is 11.3 Å². The van der Waals surface area contributed by atoms with Crippen LogP contribution in [0.5, 0.6) is 0 Å². The molecule has 0 saturated heterocycles. The minimum atomic E-state index is -0.534. The molecule has 7 heteroatoms. The van der Waals surface area contributed by atoms with Gasteiger partial charge in [0.05, 0.1) is 10.6 Å². The molecule has 1 amide bonds. The number of hydrogen-bond acceptors (Lipinski definition) is 5. The van der Waals surface area contributed by atoms with Gasteiger partial charge in [0.1, 0.15) is 5.69 Å². The summed E-state index contributed by atoms with van der Waals surface area (Å²) >= 11 is 0. The Hall–Kier alpha value is -2.44. The SMILES string of the molecule is CC1(C)CC(=O)NN=C1c1ccc(N)c([N+](=O)[O-])c1. The summed E-state index contributed by atoms with van der Waals surface area (Å²) in [5, 5.41) is 14.9. The van der Waals surface area contributed by atoms with Gasteiger partial charge in [-0.3, -0.25) is 14.9 Å². The van der Waals surface area contributed by atoms with Gasteiger partial charge in [-0.15, -0.1) is 0 Å². The Bertz CT molecular complexity index is 593. The molecule has 0 aliphatic carbocycles. The number of nitro benzene ring substituents is 1. The first-order chi connectivity index (χ1) is 8.81. The van der Waals surface area contributed by atoms with Crippen LogP contribution < -0.4 is 11.2 Å². The molecule has 0 saturated carbocycles. The van der Waals surface area contributed by atoms with Gasteiger partial charge in [0, 0.05) is 23.5 Å². The van der Waals surface area contributed by atoms with Crippen molar-refractivity contribution in [3.05, 3.63) is 33.9 Å². The molecule has 1 aliphatic heterocycles. The van der Waals surface area contributed by atoms with Crippen molar-refractivity contribution in [2.24, 2.45) is 10.5 Å². The lowest BCUT2D eigenvalue weighted by Gasteiger charge is -2.29. The van der Waals surface area contributed by atoms with E-state index in [4.69, 9.17) is 5.73 Å². The highest BCUT2D eigenvalue weighted by molar-refractivity contribution is 6.08. The van der Waals surface area contributed by atoms with E-state index in [1.807, 2.05) is 13.8 Å². The molecule has 0 bridgehead atoms. The number of nitrogen functional groups attached to an aromatic ring is 1. The number of carbonyl (C=O) groups is 1. The number of anilines is 1. The average Bonchev–Trinajstić information content (AvgIpc) is 2.28. The van der Waals surface area contributed by atoms with Crippen LogP contribution in [0, 0.1) is 15.5 Å². The summed E-state index contributed by atoms with van der Waals surface area (Å²) in [6, 6.07) is 4.52. The van der Waals surface area contributed by atoms with Gasteiger partial charge < -0.3 is 5.73 Å². The summed E-state index contributed by atoms with van der Waals surface area (Å²) in [4.78, 5) is 21.7. The molecule has 0 aromatic heterocycles. The third-order valence-corrected chi connectivity index (χ3v) is 3.04. The normalized spacial score (nSPS) is 17.6. The van der Waals surface area contributed by atoms with Crippen molar-refractivity contribution in [3.8, 4) is 0 Å². The first-order valence-electron chi connectivity index (χ1n) is 5.72. The van der Waals surface area contributed by atoms with Crippen LogP contribution in [0.3, 0.4) is 0 Å². The maximum Gasteiger partial charge on any atom is 0.292 e. The first kappa shape index (κ1) is 13.0. The van der Waals surface area contributed by atoms with Crippen LogP contribution in [0.1, 0.15) is 25.8 Å². The summed E-state index contributed by atoms with van der Waals surface area (Å²) in [7, 11) is 0. The summed E-state index contributed by atoms with van der Waals surface area (Å²) < 4.78 is 0. The smallest absolute Gasteiger partial charge is 0.292 e. The van der Waals surface area contributed by atoms with Gasteiger partial charge in [-0.2, -0.15) is 5.10 Å². The topological polar surface area (TPSA) is 111 Å². The molecule has 2 rings (SSSR count). The third-order valence-electron chi connectivity index (χ3n) is 3.04. The monoisotopic (exact) mass is 262 g/mol. The van der Waals surface area contributed by atoms with Gasteiger partial charge >= 0.3 is 0 Å². The number of carbonyl (C=O) groups excluding carboxylic acids is 1. The number of rotatable bonds is 2. The number of nitrogens with one attached hydrogen (secondary N) is 1. The minimum absolute atomic E-state index is 0.104. The van der Waals surface area contributed by atoms with E-state index < -0.39 is 10.3 Å². The zero-order chi connectivity index (χ0) is 14.2. The highest BCUT2D eigenvalue weighted by Crippen LogP contribution is 2.32. The highest BCUT2D eigenvalue weighted by Gasteiger charge is 2.33. The van der Waals surface area contributed by atoms with E-state index in [-0.39, 0.29) is 23.7 Å². The molecule has 100 valence electrons. The molecule has 0 unspecified atom stereocenters. The van der Waals surface area contributed by atoms with Crippen molar-refractivity contribution in [2.75, 3.05) is 5.73 Å². The molecule has 1 aromatic carbocycles. The van der Waals surface area contributed by atoms with Crippen molar-refractivity contribution < 1.29 is 9.72 Å². The molecular formula is C12H14N4O3. The van der Waals surface area contributed by atoms with Crippen LogP contribution in [0.2, 0.25) is 0 Å². The maximum absolute atomic E-state index is 11.3. The molecule has 0 fully saturated rings. The summed E-state index contributed by atoms with van der Waals surface area (Å²) in [6.07, 6.45) is 0.282. The van der Waals surface area contributed by atoms with E-state index in [9.17, 15) is 14.9 Å². The Kier molecular flexibility index (Phi) is 2.97. The quantitative estimate of drug-likeness (QED) is 0.477. The lowest BCUT2D eigenvalue weighted by Crippen LogP contribution is -2.39. The van der Waals surface area contributed by atoms with E-state index in [1.165, 1.54) is 12.1 Å². The van der Waals surface area contributed by atoms with Crippen LogP contribution >= 0.6 is 0 Å². The van der Waals surface area contributed by atoms with Gasteiger partial charge in [0.15, 0.2) is 0 Å². The number of benzene rings is 1. The first-order valence-corrected chi connectivity index (χ1v) is 5.72.